The Bertz CT molecular complexity index is 768. The van der Waals surface area contributed by atoms with Gasteiger partial charge in [0.2, 0.25) is 5.91 Å². The summed E-state index contributed by atoms with van der Waals surface area (Å²) in [6, 6.07) is 5.40. The zero-order chi connectivity index (χ0) is 20.1. The van der Waals surface area contributed by atoms with Crippen molar-refractivity contribution in [2.45, 2.75) is 44.7 Å². The summed E-state index contributed by atoms with van der Waals surface area (Å²) in [6.45, 7) is 3.72. The summed E-state index contributed by atoms with van der Waals surface area (Å²) in [6.07, 6.45) is -1.73. The Kier molecular flexibility index (Phi) is 4.67. The third kappa shape index (κ3) is 3.51. The maximum absolute atomic E-state index is 12.8. The standard InChI is InChI=1S/C21H24F3NO3/c1-13-11-25(19(27)15-8-20(9-15)10-18(26)28-12-20)7-6-17(13)14-2-4-16(5-3-14)21(22,23)24/h2-5,13,15,17H,6-12H2,1H3/t13-,15?,17+,20?/m0/s1. The molecule has 152 valence electrons. The maximum Gasteiger partial charge on any atom is 0.416 e. The molecule has 4 nitrogen and oxygen atoms in total. The van der Waals surface area contributed by atoms with Crippen LogP contribution >= 0.6 is 0 Å². The highest BCUT2D eigenvalue weighted by Gasteiger charge is 2.53. The van der Waals surface area contributed by atoms with Gasteiger partial charge in [0.15, 0.2) is 0 Å². The first-order valence-electron chi connectivity index (χ1n) is 9.78. The van der Waals surface area contributed by atoms with E-state index < -0.39 is 11.7 Å². The zero-order valence-corrected chi connectivity index (χ0v) is 15.8. The molecule has 0 unspecified atom stereocenters. The van der Waals surface area contributed by atoms with E-state index in [0.717, 1.165) is 24.1 Å². The summed E-state index contributed by atoms with van der Waals surface area (Å²) in [7, 11) is 0. The lowest BCUT2D eigenvalue weighted by molar-refractivity contribution is -0.145. The first-order chi connectivity index (χ1) is 13.2. The van der Waals surface area contributed by atoms with Crippen molar-refractivity contribution < 1.29 is 27.5 Å². The van der Waals surface area contributed by atoms with Gasteiger partial charge in [-0.1, -0.05) is 19.1 Å². The minimum absolute atomic E-state index is 0.0377. The van der Waals surface area contributed by atoms with Crippen molar-refractivity contribution in [2.75, 3.05) is 19.7 Å². The maximum atomic E-state index is 12.8. The second-order valence-electron chi connectivity index (χ2n) is 8.72. The largest absolute Gasteiger partial charge is 0.465 e. The predicted molar refractivity (Wildman–Crippen MR) is 95.3 cm³/mol. The van der Waals surface area contributed by atoms with Crippen LogP contribution in [0.2, 0.25) is 0 Å². The van der Waals surface area contributed by atoms with Gasteiger partial charge in [0.25, 0.3) is 0 Å². The summed E-state index contributed by atoms with van der Waals surface area (Å²) in [5, 5.41) is 0. The summed E-state index contributed by atoms with van der Waals surface area (Å²) in [5.41, 5.74) is 0.142. The number of cyclic esters (lactones) is 1. The molecule has 0 N–H and O–H groups in total. The molecule has 4 rings (SSSR count). The Balaban J connectivity index is 1.34. The van der Waals surface area contributed by atoms with Crippen LogP contribution in [0.5, 0.6) is 0 Å². The number of esters is 1. The number of ether oxygens (including phenoxy) is 1. The van der Waals surface area contributed by atoms with Gasteiger partial charge in [0.05, 0.1) is 18.6 Å². The Hall–Kier alpha value is -2.05. The molecule has 1 aromatic carbocycles. The van der Waals surface area contributed by atoms with Crippen LogP contribution in [0.4, 0.5) is 13.2 Å². The van der Waals surface area contributed by atoms with Gasteiger partial charge in [-0.15, -0.1) is 0 Å². The molecule has 28 heavy (non-hydrogen) atoms. The van der Waals surface area contributed by atoms with Gasteiger partial charge >= 0.3 is 12.1 Å². The summed E-state index contributed by atoms with van der Waals surface area (Å²) < 4.78 is 43.3. The van der Waals surface area contributed by atoms with Crippen LogP contribution in [0.1, 0.15) is 49.7 Å². The van der Waals surface area contributed by atoms with E-state index in [9.17, 15) is 22.8 Å². The van der Waals surface area contributed by atoms with Crippen LogP contribution in [-0.4, -0.2) is 36.5 Å². The number of rotatable bonds is 2. The van der Waals surface area contributed by atoms with E-state index in [2.05, 4.69) is 0 Å². The lowest BCUT2D eigenvalue weighted by atomic mass is 9.61. The fourth-order valence-corrected chi connectivity index (χ4v) is 5.08. The van der Waals surface area contributed by atoms with Crippen molar-refractivity contribution in [3.63, 3.8) is 0 Å². The van der Waals surface area contributed by atoms with Crippen LogP contribution < -0.4 is 0 Å². The van der Waals surface area contributed by atoms with Gasteiger partial charge in [-0.05, 0) is 48.8 Å². The highest BCUT2D eigenvalue weighted by Crippen LogP contribution is 2.52. The van der Waals surface area contributed by atoms with E-state index in [1.165, 1.54) is 0 Å². The summed E-state index contributed by atoms with van der Waals surface area (Å²) in [5.74, 6) is 0.267. The predicted octanol–water partition coefficient (Wildman–Crippen LogP) is 4.00. The molecule has 2 heterocycles. The molecule has 0 aromatic heterocycles. The molecular weight excluding hydrogens is 371 g/mol. The topological polar surface area (TPSA) is 46.6 Å². The number of nitrogens with zero attached hydrogens (tertiary/aromatic N) is 1. The summed E-state index contributed by atoms with van der Waals surface area (Å²) >= 11 is 0. The molecule has 1 spiro atoms. The number of alkyl halides is 3. The fourth-order valence-electron chi connectivity index (χ4n) is 5.08. The molecule has 3 aliphatic rings. The van der Waals surface area contributed by atoms with Crippen LogP contribution in [0.15, 0.2) is 24.3 Å². The Morgan fingerprint density at radius 3 is 2.43 bits per heavy atom. The number of benzene rings is 1. The molecule has 1 saturated carbocycles. The number of likely N-dealkylation sites (tertiary alicyclic amines) is 1. The Labute approximate surface area is 162 Å². The normalized spacial score (nSPS) is 32.9. The smallest absolute Gasteiger partial charge is 0.416 e. The highest BCUT2D eigenvalue weighted by atomic mass is 19.4. The molecule has 0 radical (unpaired) electrons. The zero-order valence-electron chi connectivity index (χ0n) is 15.8. The first kappa shape index (κ1) is 19.3. The third-order valence-corrected chi connectivity index (χ3v) is 6.65. The van der Waals surface area contributed by atoms with Crippen LogP contribution in [0, 0.1) is 17.3 Å². The van der Waals surface area contributed by atoms with Crippen molar-refractivity contribution in [1.82, 2.24) is 4.90 Å². The lowest BCUT2D eigenvalue weighted by Gasteiger charge is -2.46. The first-order valence-corrected chi connectivity index (χ1v) is 9.78. The van der Waals surface area contributed by atoms with Crippen molar-refractivity contribution >= 4 is 11.9 Å². The second-order valence-corrected chi connectivity index (χ2v) is 8.72. The number of hydrogen-bond donors (Lipinski definition) is 0. The third-order valence-electron chi connectivity index (χ3n) is 6.65. The van der Waals surface area contributed by atoms with E-state index in [4.69, 9.17) is 4.74 Å². The molecule has 1 amide bonds. The minimum atomic E-state index is -4.32. The average Bonchev–Trinajstić information content (AvgIpc) is 3.01. The van der Waals surface area contributed by atoms with E-state index >= 15 is 0 Å². The van der Waals surface area contributed by atoms with Gasteiger partial charge in [-0.3, -0.25) is 9.59 Å². The average molecular weight is 395 g/mol. The number of hydrogen-bond acceptors (Lipinski definition) is 3. The van der Waals surface area contributed by atoms with E-state index in [1.54, 1.807) is 12.1 Å². The molecule has 1 aliphatic carbocycles. The van der Waals surface area contributed by atoms with Crippen molar-refractivity contribution in [2.24, 2.45) is 17.3 Å². The number of amides is 1. The number of piperidine rings is 1. The van der Waals surface area contributed by atoms with Crippen LogP contribution in [0.3, 0.4) is 0 Å². The van der Waals surface area contributed by atoms with Gasteiger partial charge < -0.3 is 9.64 Å². The van der Waals surface area contributed by atoms with Gasteiger partial charge in [0.1, 0.15) is 0 Å². The Morgan fingerprint density at radius 2 is 1.89 bits per heavy atom. The van der Waals surface area contributed by atoms with E-state index in [0.29, 0.717) is 39.0 Å². The highest BCUT2D eigenvalue weighted by molar-refractivity contribution is 5.81. The number of halogens is 3. The van der Waals surface area contributed by atoms with Crippen molar-refractivity contribution in [3.05, 3.63) is 35.4 Å². The molecule has 2 atom stereocenters. The fraction of sp³-hybridized carbons (Fsp3) is 0.619. The Morgan fingerprint density at radius 1 is 1.21 bits per heavy atom. The van der Waals surface area contributed by atoms with Gasteiger partial charge in [-0.25, -0.2) is 0 Å². The minimum Gasteiger partial charge on any atom is -0.465 e. The monoisotopic (exact) mass is 395 g/mol. The quantitative estimate of drug-likeness (QED) is 0.711. The molecular formula is C21H24F3NO3. The molecule has 7 heteroatoms. The second kappa shape index (κ2) is 6.78. The summed E-state index contributed by atoms with van der Waals surface area (Å²) in [4.78, 5) is 26.0. The molecule has 2 saturated heterocycles. The lowest BCUT2D eigenvalue weighted by Crippen LogP contribution is -2.50. The molecule has 2 aliphatic heterocycles. The van der Waals surface area contributed by atoms with E-state index in [-0.39, 0.29) is 35.0 Å². The number of carbonyl (C=O) groups excluding carboxylic acids is 2. The van der Waals surface area contributed by atoms with Crippen molar-refractivity contribution in [1.29, 1.82) is 0 Å². The van der Waals surface area contributed by atoms with Gasteiger partial charge in [-0.2, -0.15) is 13.2 Å². The van der Waals surface area contributed by atoms with E-state index in [1.807, 2.05) is 11.8 Å². The SMILES string of the molecule is C[C@H]1CN(C(=O)C2CC3(COC(=O)C3)C2)CC[C@H]1c1ccc(C(F)(F)F)cc1. The van der Waals surface area contributed by atoms with Crippen LogP contribution in [-0.2, 0) is 20.5 Å². The van der Waals surface area contributed by atoms with Crippen molar-refractivity contribution in [3.8, 4) is 0 Å². The molecule has 3 fully saturated rings. The molecule has 0 bridgehead atoms. The van der Waals surface area contributed by atoms with Gasteiger partial charge in [0, 0.05) is 24.4 Å². The molecule has 1 aromatic rings. The van der Waals surface area contributed by atoms with Crippen LogP contribution in [0.25, 0.3) is 0 Å². The number of carbonyl (C=O) groups is 2.